The minimum Gasteiger partial charge on any atom is -0.259 e. The van der Waals surface area contributed by atoms with Crippen molar-refractivity contribution in [3.8, 4) is 0 Å². The van der Waals surface area contributed by atoms with E-state index < -0.39 is 0 Å². The molecule has 0 aromatic carbocycles. The zero-order valence-corrected chi connectivity index (χ0v) is 9.20. The second-order valence-corrected chi connectivity index (χ2v) is 4.26. The lowest BCUT2D eigenvalue weighted by Crippen LogP contribution is -2.18. The monoisotopic (exact) mass is 348 g/mol. The van der Waals surface area contributed by atoms with Crippen LogP contribution in [0, 0.1) is 5.92 Å². The Balaban J connectivity index is 2.73. The predicted molar refractivity (Wildman–Crippen MR) is 56.9 cm³/mol. The van der Waals surface area contributed by atoms with E-state index in [2.05, 4.69) is 62.1 Å². The highest BCUT2D eigenvalue weighted by molar-refractivity contribution is 14.1. The third-order valence-electron chi connectivity index (χ3n) is 1.18. The van der Waals surface area contributed by atoms with Crippen LogP contribution in [0.15, 0.2) is 9.98 Å². The molecule has 0 fully saturated rings. The van der Waals surface area contributed by atoms with E-state index in [9.17, 15) is 0 Å². The van der Waals surface area contributed by atoms with Crippen molar-refractivity contribution in [1.29, 1.82) is 0 Å². The van der Waals surface area contributed by atoms with Crippen molar-refractivity contribution in [3.05, 3.63) is 0 Å². The Morgan fingerprint density at radius 3 is 2.78 bits per heavy atom. The number of hydrogen-bond acceptors (Lipinski definition) is 2. The Hall–Kier alpha value is 0.800. The lowest BCUT2D eigenvalue weighted by atomic mass is 10.2. The average Bonchev–Trinajstić information content (AvgIpc) is 1.83. The van der Waals surface area contributed by atoms with E-state index >= 15 is 0 Å². The quantitative estimate of drug-likeness (QED) is 0.365. The lowest BCUT2D eigenvalue weighted by Gasteiger charge is -2.14. The van der Waals surface area contributed by atoms with E-state index in [0.717, 1.165) is 3.72 Å². The second-order valence-electron chi connectivity index (χ2n) is 1.88. The van der Waals surface area contributed by atoms with Crippen molar-refractivity contribution in [3.63, 3.8) is 0 Å². The first kappa shape index (κ1) is 7.90. The molecular formula is C5H6I2N2. The highest BCUT2D eigenvalue weighted by Gasteiger charge is 2.18. The number of nitrogens with zero attached hydrogens (tertiary/aromatic N) is 2. The summed E-state index contributed by atoms with van der Waals surface area (Å²) in [7, 11) is 0. The van der Waals surface area contributed by atoms with Gasteiger partial charge in [0.15, 0.2) is 0 Å². The third-order valence-corrected chi connectivity index (χ3v) is 3.84. The molecule has 0 radical (unpaired) electrons. The van der Waals surface area contributed by atoms with Crippen molar-refractivity contribution in [2.24, 2.45) is 15.9 Å². The molecule has 1 rings (SSSR count). The molecule has 1 heterocycles. The fraction of sp³-hybridized carbons (Fsp3) is 0.600. The number of rotatable bonds is 0. The molecule has 0 N–H and O–H groups in total. The maximum absolute atomic E-state index is 4.13. The molecule has 4 heteroatoms. The summed E-state index contributed by atoms with van der Waals surface area (Å²) in [5, 5.41) is 0. The van der Waals surface area contributed by atoms with Crippen LogP contribution in [0.4, 0.5) is 0 Å². The molecule has 0 saturated carbocycles. The first-order valence-corrected chi connectivity index (χ1v) is 4.93. The van der Waals surface area contributed by atoms with Gasteiger partial charge in [0.05, 0.1) is 3.72 Å². The predicted octanol–water partition coefficient (Wildman–Crippen LogP) is 2.26. The van der Waals surface area contributed by atoms with E-state index in [4.69, 9.17) is 0 Å². The molecule has 1 aliphatic rings. The van der Waals surface area contributed by atoms with Gasteiger partial charge in [0.1, 0.15) is 10.4 Å². The van der Waals surface area contributed by atoms with E-state index in [-0.39, 0.29) is 0 Å². The largest absolute Gasteiger partial charge is 0.259 e. The number of aliphatic imine (C=N–C) groups is 2. The standard InChI is InChI=1S/C5H6I2N2/c1-3-4(6)8-2-9-5(3)7/h2-4H,1H3. The average molecular weight is 348 g/mol. The first-order chi connectivity index (χ1) is 4.22. The van der Waals surface area contributed by atoms with Gasteiger partial charge in [0, 0.05) is 5.92 Å². The topological polar surface area (TPSA) is 24.7 Å². The Kier molecular flexibility index (Phi) is 2.87. The van der Waals surface area contributed by atoms with E-state index in [1.165, 1.54) is 0 Å². The molecule has 0 spiro atoms. The van der Waals surface area contributed by atoms with Gasteiger partial charge in [-0.2, -0.15) is 0 Å². The molecule has 0 bridgehead atoms. The van der Waals surface area contributed by atoms with Crippen LogP contribution in [0.3, 0.4) is 0 Å². The third kappa shape index (κ3) is 1.86. The Bertz CT molecular complexity index is 164. The van der Waals surface area contributed by atoms with Crippen LogP contribution in [0.5, 0.6) is 0 Å². The molecule has 2 nitrogen and oxygen atoms in total. The van der Waals surface area contributed by atoms with Crippen molar-refractivity contribution >= 4 is 55.2 Å². The number of halogens is 2. The van der Waals surface area contributed by atoms with Crippen LogP contribution in [0.2, 0.25) is 0 Å². The molecule has 1 aliphatic heterocycles. The minimum atomic E-state index is 0.381. The Morgan fingerprint density at radius 1 is 1.67 bits per heavy atom. The summed E-state index contributed by atoms with van der Waals surface area (Å²) >= 11 is 4.57. The number of hydrogen-bond donors (Lipinski definition) is 0. The summed E-state index contributed by atoms with van der Waals surface area (Å²) in [6.07, 6.45) is 1.64. The van der Waals surface area contributed by atoms with Gasteiger partial charge in [0.2, 0.25) is 0 Å². The van der Waals surface area contributed by atoms with Crippen LogP contribution in [0.25, 0.3) is 0 Å². The summed E-state index contributed by atoms with van der Waals surface area (Å²) in [6, 6.07) is 0. The van der Waals surface area contributed by atoms with E-state index in [1.807, 2.05) is 0 Å². The van der Waals surface area contributed by atoms with Gasteiger partial charge in [-0.05, 0) is 22.6 Å². The van der Waals surface area contributed by atoms with Gasteiger partial charge in [0.25, 0.3) is 0 Å². The normalized spacial score (nSPS) is 34.3. The van der Waals surface area contributed by atoms with E-state index in [1.54, 1.807) is 6.34 Å². The molecule has 0 aliphatic carbocycles. The van der Waals surface area contributed by atoms with Crippen molar-refractivity contribution < 1.29 is 0 Å². The fourth-order valence-corrected chi connectivity index (χ4v) is 2.15. The van der Waals surface area contributed by atoms with Gasteiger partial charge < -0.3 is 0 Å². The molecule has 50 valence electrons. The van der Waals surface area contributed by atoms with Crippen LogP contribution in [0.1, 0.15) is 6.92 Å². The van der Waals surface area contributed by atoms with Crippen molar-refractivity contribution in [2.75, 3.05) is 0 Å². The SMILES string of the molecule is CC1C(I)=NC=NC1I. The molecule has 0 aromatic heterocycles. The highest BCUT2D eigenvalue weighted by Crippen LogP contribution is 2.21. The molecule has 2 atom stereocenters. The lowest BCUT2D eigenvalue weighted by molar-refractivity contribution is 0.765. The highest BCUT2D eigenvalue weighted by atomic mass is 127. The fourth-order valence-electron chi connectivity index (χ4n) is 0.512. The summed E-state index contributed by atoms with van der Waals surface area (Å²) < 4.78 is 1.54. The minimum absolute atomic E-state index is 0.381. The Labute approximate surface area is 81.5 Å². The zero-order valence-electron chi connectivity index (χ0n) is 4.88. The van der Waals surface area contributed by atoms with Crippen LogP contribution < -0.4 is 0 Å². The smallest absolute Gasteiger partial charge is 0.112 e. The summed E-state index contributed by atoms with van der Waals surface area (Å²) in [5.41, 5.74) is 0. The van der Waals surface area contributed by atoms with E-state index in [0.29, 0.717) is 9.97 Å². The van der Waals surface area contributed by atoms with Crippen molar-refractivity contribution in [1.82, 2.24) is 0 Å². The van der Waals surface area contributed by atoms with Crippen LogP contribution >= 0.6 is 45.2 Å². The van der Waals surface area contributed by atoms with Gasteiger partial charge >= 0.3 is 0 Å². The van der Waals surface area contributed by atoms with Gasteiger partial charge in [-0.15, -0.1) is 0 Å². The Morgan fingerprint density at radius 2 is 2.33 bits per heavy atom. The molecule has 9 heavy (non-hydrogen) atoms. The maximum atomic E-state index is 4.13. The van der Waals surface area contributed by atoms with Crippen molar-refractivity contribution in [2.45, 2.75) is 11.0 Å². The number of alkyl halides is 1. The summed E-state index contributed by atoms with van der Waals surface area (Å²) in [5.74, 6) is 0.496. The maximum Gasteiger partial charge on any atom is 0.112 e. The van der Waals surface area contributed by atoms with Gasteiger partial charge in [-0.25, -0.2) is 4.99 Å². The van der Waals surface area contributed by atoms with Crippen LogP contribution in [-0.4, -0.2) is 14.1 Å². The van der Waals surface area contributed by atoms with Gasteiger partial charge in [-0.1, -0.05) is 29.5 Å². The molecule has 0 aromatic rings. The van der Waals surface area contributed by atoms with Crippen LogP contribution in [-0.2, 0) is 0 Å². The summed E-state index contributed by atoms with van der Waals surface area (Å²) in [6.45, 7) is 2.14. The molecule has 0 saturated heterocycles. The summed E-state index contributed by atoms with van der Waals surface area (Å²) in [4.78, 5) is 8.20. The first-order valence-electron chi connectivity index (χ1n) is 2.60. The molecule has 0 amide bonds. The molecule has 2 unspecified atom stereocenters. The second kappa shape index (κ2) is 3.27. The molecular weight excluding hydrogens is 342 g/mol. The zero-order chi connectivity index (χ0) is 6.85. The van der Waals surface area contributed by atoms with Gasteiger partial charge in [-0.3, -0.25) is 4.99 Å².